The molecule has 0 N–H and O–H groups in total. The summed E-state index contributed by atoms with van der Waals surface area (Å²) in [5.41, 5.74) is 2.67. The summed E-state index contributed by atoms with van der Waals surface area (Å²) in [7, 11) is 0. The average molecular weight is 407 g/mol. The van der Waals surface area contributed by atoms with Crippen molar-refractivity contribution >= 4 is 0 Å². The Kier molecular flexibility index (Phi) is 10.4. The minimum Gasteiger partial charge on any atom is -0.0945 e. The molecule has 2 saturated carbocycles. The first-order valence-electron chi connectivity index (χ1n) is 13.4. The van der Waals surface area contributed by atoms with Crippen LogP contribution in [0.15, 0.2) is 24.3 Å². The van der Waals surface area contributed by atoms with E-state index in [1.54, 1.807) is 0 Å². The van der Waals surface area contributed by atoms with Gasteiger partial charge >= 0.3 is 0 Å². The molecule has 2 aliphatic carbocycles. The lowest BCUT2D eigenvalue weighted by molar-refractivity contribution is 0.153. The average Bonchev–Trinajstić information content (AvgIpc) is 2.80. The lowest BCUT2D eigenvalue weighted by atomic mass is 9.69. The first-order chi connectivity index (χ1) is 14.8. The van der Waals surface area contributed by atoms with Crippen LogP contribution in [0, 0.1) is 35.5 Å². The molecule has 1 aromatic carbocycles. The van der Waals surface area contributed by atoms with E-state index >= 15 is 0 Å². The van der Waals surface area contributed by atoms with E-state index in [0.717, 1.165) is 17.8 Å². The molecule has 0 heterocycles. The molecule has 166 valence electrons. The van der Waals surface area contributed by atoms with E-state index in [1.165, 1.54) is 114 Å². The van der Waals surface area contributed by atoms with Crippen LogP contribution >= 0.6 is 0 Å². The van der Waals surface area contributed by atoms with Crippen molar-refractivity contribution in [1.29, 1.82) is 0 Å². The van der Waals surface area contributed by atoms with Gasteiger partial charge in [0, 0.05) is 11.5 Å². The zero-order chi connectivity index (χ0) is 21.0. The summed E-state index contributed by atoms with van der Waals surface area (Å²) in [6.45, 7) is 4.59. The van der Waals surface area contributed by atoms with Crippen molar-refractivity contribution in [2.75, 3.05) is 0 Å². The number of aryl methyl sites for hydroxylation is 1. The van der Waals surface area contributed by atoms with Crippen molar-refractivity contribution in [2.45, 2.75) is 117 Å². The zero-order valence-corrected chi connectivity index (χ0v) is 19.9. The van der Waals surface area contributed by atoms with Crippen LogP contribution in [0.1, 0.15) is 121 Å². The molecule has 1 aromatic rings. The highest BCUT2D eigenvalue weighted by Crippen LogP contribution is 2.42. The van der Waals surface area contributed by atoms with Gasteiger partial charge in [0.05, 0.1) is 0 Å². The highest BCUT2D eigenvalue weighted by atomic mass is 14.3. The molecule has 0 bridgehead atoms. The van der Waals surface area contributed by atoms with Crippen LogP contribution in [0.4, 0.5) is 0 Å². The summed E-state index contributed by atoms with van der Waals surface area (Å²) in [4.78, 5) is 0. The third kappa shape index (κ3) is 7.80. The number of hydrogen-bond donors (Lipinski definition) is 0. The molecule has 0 radical (unpaired) electrons. The van der Waals surface area contributed by atoms with E-state index in [1.807, 2.05) is 0 Å². The fraction of sp³-hybridized carbons (Fsp3) is 0.733. The van der Waals surface area contributed by atoms with Crippen LogP contribution in [0.25, 0.3) is 0 Å². The van der Waals surface area contributed by atoms with Crippen LogP contribution in [0.2, 0.25) is 0 Å². The molecule has 0 saturated heterocycles. The van der Waals surface area contributed by atoms with Crippen LogP contribution < -0.4 is 0 Å². The predicted molar refractivity (Wildman–Crippen MR) is 132 cm³/mol. The quantitative estimate of drug-likeness (QED) is 0.283. The summed E-state index contributed by atoms with van der Waals surface area (Å²) in [6, 6.07) is 9.04. The first kappa shape index (κ1) is 23.4. The van der Waals surface area contributed by atoms with Gasteiger partial charge in [-0.25, -0.2) is 0 Å². The second-order valence-electron chi connectivity index (χ2n) is 10.3. The second kappa shape index (κ2) is 13.2. The van der Waals surface area contributed by atoms with E-state index in [-0.39, 0.29) is 0 Å². The molecule has 0 aromatic heterocycles. The maximum absolute atomic E-state index is 3.62. The molecule has 2 fully saturated rings. The maximum atomic E-state index is 3.62. The van der Waals surface area contributed by atoms with E-state index in [2.05, 4.69) is 50.0 Å². The molecule has 0 amide bonds. The van der Waals surface area contributed by atoms with Crippen molar-refractivity contribution < 1.29 is 0 Å². The molecule has 0 aliphatic heterocycles. The third-order valence-electron chi connectivity index (χ3n) is 7.99. The molecule has 30 heavy (non-hydrogen) atoms. The Labute approximate surface area is 187 Å². The Morgan fingerprint density at radius 2 is 1.30 bits per heavy atom. The molecular weight excluding hydrogens is 360 g/mol. The highest BCUT2D eigenvalue weighted by Gasteiger charge is 2.30. The van der Waals surface area contributed by atoms with Crippen LogP contribution in [0.3, 0.4) is 0 Å². The summed E-state index contributed by atoms with van der Waals surface area (Å²) in [6.07, 6.45) is 22.5. The minimum absolute atomic E-state index is 0.635. The molecule has 0 atom stereocenters. The summed E-state index contributed by atoms with van der Waals surface area (Å²) in [5, 5.41) is 0. The minimum atomic E-state index is 0.635. The molecule has 0 nitrogen and oxygen atoms in total. The summed E-state index contributed by atoms with van der Waals surface area (Å²) in [5.74, 6) is 10.8. The Balaban J connectivity index is 1.36. The number of benzene rings is 1. The van der Waals surface area contributed by atoms with Gasteiger partial charge in [-0.1, -0.05) is 89.2 Å². The number of unbranched alkanes of at least 4 members (excludes halogenated alkanes) is 4. The van der Waals surface area contributed by atoms with Gasteiger partial charge in [-0.05, 0) is 86.8 Å². The lowest BCUT2D eigenvalue weighted by Crippen LogP contribution is -2.25. The fourth-order valence-electron chi connectivity index (χ4n) is 5.89. The number of hydrogen-bond acceptors (Lipinski definition) is 0. The normalized spacial score (nSPS) is 26.7. The standard InChI is InChI=1S/C30H46/c1-3-5-7-9-25-11-13-27(14-12-25)15-16-28-19-23-30(24-20-28)29-21-17-26(18-22-29)10-8-6-4-2/h11-14,26,28-30H,3-10,17-24H2,1-2H3/t26-,28?,29-,30?. The Bertz CT molecular complexity index is 627. The summed E-state index contributed by atoms with van der Waals surface area (Å²) >= 11 is 0. The monoisotopic (exact) mass is 406 g/mol. The Hall–Kier alpha value is -1.22. The smallest absolute Gasteiger partial charge is 0.0245 e. The van der Waals surface area contributed by atoms with Gasteiger partial charge in [0.1, 0.15) is 0 Å². The van der Waals surface area contributed by atoms with E-state index in [9.17, 15) is 0 Å². The van der Waals surface area contributed by atoms with Crippen molar-refractivity contribution in [2.24, 2.45) is 23.7 Å². The van der Waals surface area contributed by atoms with Crippen LogP contribution in [-0.4, -0.2) is 0 Å². The Morgan fingerprint density at radius 3 is 1.93 bits per heavy atom. The van der Waals surface area contributed by atoms with Gasteiger partial charge in [-0.2, -0.15) is 0 Å². The topological polar surface area (TPSA) is 0 Å². The van der Waals surface area contributed by atoms with Gasteiger partial charge in [-0.15, -0.1) is 0 Å². The Morgan fingerprint density at radius 1 is 0.700 bits per heavy atom. The SMILES string of the molecule is CCCCCc1ccc(C#CC2CCC([C@H]3CC[C@H](CCCCC)CC3)CC2)cc1. The lowest BCUT2D eigenvalue weighted by Gasteiger charge is -2.37. The molecular formula is C30H46. The van der Waals surface area contributed by atoms with Crippen molar-refractivity contribution in [3.05, 3.63) is 35.4 Å². The molecule has 3 rings (SSSR count). The zero-order valence-electron chi connectivity index (χ0n) is 19.9. The summed E-state index contributed by atoms with van der Waals surface area (Å²) < 4.78 is 0. The molecule has 0 unspecified atom stereocenters. The van der Waals surface area contributed by atoms with Crippen LogP contribution in [-0.2, 0) is 6.42 Å². The van der Waals surface area contributed by atoms with Crippen molar-refractivity contribution in [3.63, 3.8) is 0 Å². The molecule has 2 aliphatic rings. The second-order valence-corrected chi connectivity index (χ2v) is 10.3. The molecule has 0 heteroatoms. The first-order valence-corrected chi connectivity index (χ1v) is 13.4. The number of rotatable bonds is 9. The van der Waals surface area contributed by atoms with Gasteiger partial charge in [0.25, 0.3) is 0 Å². The molecule has 0 spiro atoms. The van der Waals surface area contributed by atoms with Gasteiger partial charge in [-0.3, -0.25) is 0 Å². The van der Waals surface area contributed by atoms with Crippen molar-refractivity contribution in [1.82, 2.24) is 0 Å². The fourth-order valence-corrected chi connectivity index (χ4v) is 5.89. The van der Waals surface area contributed by atoms with Gasteiger partial charge in [0.2, 0.25) is 0 Å². The largest absolute Gasteiger partial charge is 0.0945 e. The third-order valence-corrected chi connectivity index (χ3v) is 7.99. The van der Waals surface area contributed by atoms with Gasteiger partial charge < -0.3 is 0 Å². The van der Waals surface area contributed by atoms with Crippen molar-refractivity contribution in [3.8, 4) is 11.8 Å². The highest BCUT2D eigenvalue weighted by molar-refractivity contribution is 5.36. The van der Waals surface area contributed by atoms with Gasteiger partial charge in [0.15, 0.2) is 0 Å². The van der Waals surface area contributed by atoms with E-state index in [0.29, 0.717) is 5.92 Å². The van der Waals surface area contributed by atoms with Crippen LogP contribution in [0.5, 0.6) is 0 Å². The predicted octanol–water partition coefficient (Wildman–Crippen LogP) is 8.96. The maximum Gasteiger partial charge on any atom is 0.0245 e. The van der Waals surface area contributed by atoms with E-state index in [4.69, 9.17) is 0 Å². The van der Waals surface area contributed by atoms with E-state index < -0.39 is 0 Å².